The Morgan fingerprint density at radius 3 is 2.58 bits per heavy atom. The molecular formula is C18H26Cl2N4O2. The molecule has 0 fully saturated rings. The number of carbonyl (C=O) groups is 1. The van der Waals surface area contributed by atoms with Crippen molar-refractivity contribution in [3.05, 3.63) is 53.9 Å². The fourth-order valence-corrected chi connectivity index (χ4v) is 2.43. The molecule has 0 aliphatic heterocycles. The van der Waals surface area contributed by atoms with Gasteiger partial charge in [-0.3, -0.25) is 9.78 Å². The number of nitrogens with one attached hydrogen (secondary N) is 1. The summed E-state index contributed by atoms with van der Waals surface area (Å²) in [7, 11) is 5.61. The van der Waals surface area contributed by atoms with Gasteiger partial charge in [0, 0.05) is 12.2 Å². The zero-order valence-corrected chi connectivity index (χ0v) is 16.8. The van der Waals surface area contributed by atoms with Crippen LogP contribution in [0.1, 0.15) is 17.3 Å². The number of ether oxygens (including phenoxy) is 1. The van der Waals surface area contributed by atoms with E-state index >= 15 is 0 Å². The summed E-state index contributed by atoms with van der Waals surface area (Å²) in [5, 5.41) is 2.97. The summed E-state index contributed by atoms with van der Waals surface area (Å²) in [6.45, 7) is 0.508. The van der Waals surface area contributed by atoms with Crippen LogP contribution < -0.4 is 15.8 Å². The molecule has 26 heavy (non-hydrogen) atoms. The Kier molecular flexibility index (Phi) is 10.7. The van der Waals surface area contributed by atoms with E-state index in [4.69, 9.17) is 10.5 Å². The second-order valence-electron chi connectivity index (χ2n) is 5.82. The molecule has 2 aromatic rings. The van der Waals surface area contributed by atoms with Crippen molar-refractivity contribution in [3.63, 3.8) is 0 Å². The number of aromatic nitrogens is 1. The van der Waals surface area contributed by atoms with E-state index < -0.39 is 0 Å². The highest BCUT2D eigenvalue weighted by Crippen LogP contribution is 2.22. The topological polar surface area (TPSA) is 80.5 Å². The highest BCUT2D eigenvalue weighted by molar-refractivity contribution is 5.85. The molecule has 1 unspecified atom stereocenters. The highest BCUT2D eigenvalue weighted by atomic mass is 35.5. The first-order chi connectivity index (χ1) is 11.5. The molecule has 0 bridgehead atoms. The zero-order chi connectivity index (χ0) is 17.5. The molecule has 1 amide bonds. The van der Waals surface area contributed by atoms with E-state index in [0.717, 1.165) is 11.3 Å². The van der Waals surface area contributed by atoms with E-state index in [9.17, 15) is 4.79 Å². The van der Waals surface area contributed by atoms with Gasteiger partial charge >= 0.3 is 0 Å². The van der Waals surface area contributed by atoms with Crippen molar-refractivity contribution in [1.82, 2.24) is 15.2 Å². The summed E-state index contributed by atoms with van der Waals surface area (Å²) in [5.74, 6) is 0.735. The maximum Gasteiger partial charge on any atom is 0.226 e. The average molecular weight is 401 g/mol. The summed E-state index contributed by atoms with van der Waals surface area (Å²) in [6, 6.07) is 11.4. The fourth-order valence-electron chi connectivity index (χ4n) is 2.43. The molecule has 2 rings (SSSR count). The molecule has 0 radical (unpaired) electrons. The van der Waals surface area contributed by atoms with E-state index in [2.05, 4.69) is 15.2 Å². The van der Waals surface area contributed by atoms with E-state index in [1.54, 1.807) is 25.4 Å². The molecule has 1 atom stereocenters. The number of pyridine rings is 1. The minimum Gasteiger partial charge on any atom is -0.497 e. The monoisotopic (exact) mass is 400 g/mol. The van der Waals surface area contributed by atoms with Crippen molar-refractivity contribution in [2.75, 3.05) is 33.5 Å². The van der Waals surface area contributed by atoms with E-state index in [1.165, 1.54) is 0 Å². The van der Waals surface area contributed by atoms with Crippen LogP contribution in [0.25, 0.3) is 0 Å². The van der Waals surface area contributed by atoms with Crippen LogP contribution >= 0.6 is 24.8 Å². The quantitative estimate of drug-likeness (QED) is 0.745. The smallest absolute Gasteiger partial charge is 0.226 e. The van der Waals surface area contributed by atoms with Crippen LogP contribution in [0.4, 0.5) is 5.69 Å². The summed E-state index contributed by atoms with van der Waals surface area (Å²) < 4.78 is 5.27. The lowest BCUT2D eigenvalue weighted by Gasteiger charge is -2.25. The van der Waals surface area contributed by atoms with Crippen LogP contribution in [0.15, 0.2) is 42.6 Å². The lowest BCUT2D eigenvalue weighted by atomic mass is 10.1. The predicted octanol–water partition coefficient (Wildman–Crippen LogP) is 2.48. The fraction of sp³-hybridized carbons (Fsp3) is 0.333. The van der Waals surface area contributed by atoms with Crippen molar-refractivity contribution in [2.45, 2.75) is 12.5 Å². The number of hydrogen-bond acceptors (Lipinski definition) is 5. The zero-order valence-electron chi connectivity index (χ0n) is 15.1. The maximum absolute atomic E-state index is 12.2. The van der Waals surface area contributed by atoms with Crippen LogP contribution in [0.3, 0.4) is 0 Å². The first-order valence-corrected chi connectivity index (χ1v) is 7.77. The summed E-state index contributed by atoms with van der Waals surface area (Å²) >= 11 is 0. The van der Waals surface area contributed by atoms with Crippen LogP contribution in [0.2, 0.25) is 0 Å². The molecule has 0 aliphatic carbocycles. The number of likely N-dealkylation sites (N-methyl/N-ethyl adjacent to an activating group) is 1. The van der Waals surface area contributed by atoms with Gasteiger partial charge < -0.3 is 20.7 Å². The van der Waals surface area contributed by atoms with E-state index in [-0.39, 0.29) is 43.2 Å². The minimum absolute atomic E-state index is 0. The second-order valence-corrected chi connectivity index (χ2v) is 5.82. The van der Waals surface area contributed by atoms with Crippen LogP contribution in [-0.4, -0.2) is 43.5 Å². The number of nitrogen functional groups attached to an aromatic ring is 1. The molecule has 0 aliphatic rings. The Labute approximate surface area is 166 Å². The van der Waals surface area contributed by atoms with Gasteiger partial charge in [-0.1, -0.05) is 12.1 Å². The molecule has 8 heteroatoms. The SMILES string of the molecule is COc1cccc(C(CNC(=O)Cc2ccc(N)cn2)N(C)C)c1.Cl.Cl. The minimum atomic E-state index is -0.0676. The van der Waals surface area contributed by atoms with Gasteiger partial charge in [-0.05, 0) is 43.9 Å². The Balaban J connectivity index is 0.00000312. The standard InChI is InChI=1S/C18H24N4O2.2ClH/c1-22(2)17(13-5-4-6-16(9-13)24-3)12-21-18(23)10-15-8-7-14(19)11-20-15;;/h4-9,11,17H,10,12,19H2,1-3H3,(H,21,23);2*1H. The molecule has 0 saturated carbocycles. The van der Waals surface area contributed by atoms with E-state index in [1.807, 2.05) is 38.4 Å². The average Bonchev–Trinajstić information content (AvgIpc) is 2.57. The largest absolute Gasteiger partial charge is 0.497 e. The maximum atomic E-state index is 12.2. The lowest BCUT2D eigenvalue weighted by Crippen LogP contribution is -2.35. The number of hydrogen-bond donors (Lipinski definition) is 2. The van der Waals surface area contributed by atoms with Crippen LogP contribution in [0.5, 0.6) is 5.75 Å². The van der Waals surface area contributed by atoms with Gasteiger partial charge in [0.15, 0.2) is 0 Å². The summed E-state index contributed by atoms with van der Waals surface area (Å²) in [5.41, 5.74) is 7.97. The van der Waals surface area contributed by atoms with Crippen molar-refractivity contribution < 1.29 is 9.53 Å². The van der Waals surface area contributed by atoms with Crippen LogP contribution in [-0.2, 0) is 11.2 Å². The number of methoxy groups -OCH3 is 1. The number of anilines is 1. The van der Waals surface area contributed by atoms with Gasteiger partial charge in [0.05, 0.1) is 31.5 Å². The molecule has 0 saturated heterocycles. The van der Waals surface area contributed by atoms with Crippen molar-refractivity contribution >= 4 is 36.4 Å². The van der Waals surface area contributed by atoms with Gasteiger partial charge in [0.2, 0.25) is 5.91 Å². The first-order valence-electron chi connectivity index (χ1n) is 7.77. The first kappa shape index (κ1) is 24.0. The van der Waals surface area contributed by atoms with Gasteiger partial charge in [-0.25, -0.2) is 0 Å². The van der Waals surface area contributed by atoms with Crippen LogP contribution in [0, 0.1) is 0 Å². The number of halogens is 2. The van der Waals surface area contributed by atoms with Crippen molar-refractivity contribution in [1.29, 1.82) is 0 Å². The molecule has 1 aromatic heterocycles. The third-order valence-electron chi connectivity index (χ3n) is 3.78. The van der Waals surface area contributed by atoms with Gasteiger partial charge in [-0.2, -0.15) is 0 Å². The molecular weight excluding hydrogens is 375 g/mol. The Bertz CT molecular complexity index is 681. The molecule has 1 heterocycles. The molecule has 3 N–H and O–H groups in total. The highest BCUT2D eigenvalue weighted by Gasteiger charge is 2.16. The van der Waals surface area contributed by atoms with Crippen molar-refractivity contribution in [2.24, 2.45) is 0 Å². The van der Waals surface area contributed by atoms with Gasteiger partial charge in [-0.15, -0.1) is 24.8 Å². The Morgan fingerprint density at radius 1 is 1.27 bits per heavy atom. The Hall–Kier alpha value is -2.02. The number of rotatable bonds is 7. The molecule has 1 aromatic carbocycles. The predicted molar refractivity (Wildman–Crippen MR) is 109 cm³/mol. The third-order valence-corrected chi connectivity index (χ3v) is 3.78. The summed E-state index contributed by atoms with van der Waals surface area (Å²) in [6.07, 6.45) is 1.79. The molecule has 6 nitrogen and oxygen atoms in total. The number of carbonyl (C=O) groups excluding carboxylic acids is 1. The number of amides is 1. The van der Waals surface area contributed by atoms with E-state index in [0.29, 0.717) is 17.9 Å². The number of nitrogens with two attached hydrogens (primary N) is 1. The normalized spacial score (nSPS) is 11.1. The molecule has 0 spiro atoms. The second kappa shape index (κ2) is 11.6. The molecule has 144 valence electrons. The lowest BCUT2D eigenvalue weighted by molar-refractivity contribution is -0.120. The summed E-state index contributed by atoms with van der Waals surface area (Å²) in [4.78, 5) is 18.4. The van der Waals surface area contributed by atoms with Gasteiger partial charge in [0.25, 0.3) is 0 Å². The number of nitrogens with zero attached hydrogens (tertiary/aromatic N) is 2. The van der Waals surface area contributed by atoms with Gasteiger partial charge in [0.1, 0.15) is 5.75 Å². The Morgan fingerprint density at radius 2 is 2.00 bits per heavy atom. The third kappa shape index (κ3) is 7.07. The number of benzene rings is 1. The van der Waals surface area contributed by atoms with Crippen molar-refractivity contribution in [3.8, 4) is 5.75 Å².